The molecule has 0 saturated carbocycles. The van der Waals surface area contributed by atoms with E-state index in [1.807, 2.05) is 30.3 Å². The zero-order chi connectivity index (χ0) is 19.4. The first-order valence-electron chi connectivity index (χ1n) is 9.37. The van der Waals surface area contributed by atoms with E-state index in [9.17, 15) is 14.4 Å². The first-order chi connectivity index (χ1) is 13.0. The number of likely N-dealkylation sites (N-methyl/N-ethyl adjacent to an activating group) is 1. The molecule has 2 heterocycles. The lowest BCUT2D eigenvalue weighted by Crippen LogP contribution is -2.58. The Labute approximate surface area is 158 Å². The predicted octanol–water partition coefficient (Wildman–Crippen LogP) is 2.51. The Morgan fingerprint density at radius 3 is 2.52 bits per heavy atom. The minimum absolute atomic E-state index is 0.0552. The molecule has 142 valence electrons. The quantitative estimate of drug-likeness (QED) is 0.882. The maximum atomic E-state index is 13.0. The molecule has 1 saturated heterocycles. The van der Waals surface area contributed by atoms with Crippen LogP contribution in [-0.4, -0.2) is 52.8 Å². The third kappa shape index (κ3) is 3.94. The SMILES string of the molecule is CCCCC1C(=O)N(C)CCN1C(=O)c1ccc(-c2ccccc2)[nH]c1=O. The number of carbonyl (C=O) groups excluding carboxylic acids is 2. The molecule has 2 aromatic rings. The topological polar surface area (TPSA) is 73.5 Å². The number of hydrogen-bond acceptors (Lipinski definition) is 3. The number of benzene rings is 1. The zero-order valence-corrected chi connectivity index (χ0v) is 15.8. The molecule has 0 bridgehead atoms. The van der Waals surface area contributed by atoms with E-state index >= 15 is 0 Å². The lowest BCUT2D eigenvalue weighted by atomic mass is 10.0. The van der Waals surface area contributed by atoms with Crippen LogP contribution in [0.3, 0.4) is 0 Å². The van der Waals surface area contributed by atoms with Crippen LogP contribution in [0.2, 0.25) is 0 Å². The Morgan fingerprint density at radius 2 is 1.85 bits per heavy atom. The van der Waals surface area contributed by atoms with E-state index in [0.29, 0.717) is 25.2 Å². The summed E-state index contributed by atoms with van der Waals surface area (Å²) >= 11 is 0. The molecule has 1 aliphatic rings. The second-order valence-electron chi connectivity index (χ2n) is 6.90. The van der Waals surface area contributed by atoms with Crippen LogP contribution in [-0.2, 0) is 4.79 Å². The number of amides is 2. The van der Waals surface area contributed by atoms with Gasteiger partial charge in [0.15, 0.2) is 0 Å². The maximum Gasteiger partial charge on any atom is 0.261 e. The van der Waals surface area contributed by atoms with E-state index < -0.39 is 11.6 Å². The lowest BCUT2D eigenvalue weighted by Gasteiger charge is -2.39. The number of rotatable bonds is 5. The van der Waals surface area contributed by atoms with Crippen LogP contribution in [0.15, 0.2) is 47.3 Å². The highest BCUT2D eigenvalue weighted by Gasteiger charge is 2.36. The molecule has 27 heavy (non-hydrogen) atoms. The first-order valence-corrected chi connectivity index (χ1v) is 9.37. The van der Waals surface area contributed by atoms with Crippen molar-refractivity contribution < 1.29 is 9.59 Å². The van der Waals surface area contributed by atoms with Crippen LogP contribution in [0.4, 0.5) is 0 Å². The van der Waals surface area contributed by atoms with Crippen molar-refractivity contribution >= 4 is 11.8 Å². The van der Waals surface area contributed by atoms with Gasteiger partial charge in [0.05, 0.1) is 0 Å². The number of hydrogen-bond donors (Lipinski definition) is 1. The van der Waals surface area contributed by atoms with Gasteiger partial charge in [-0.3, -0.25) is 14.4 Å². The van der Waals surface area contributed by atoms with E-state index in [0.717, 1.165) is 18.4 Å². The Kier molecular flexibility index (Phi) is 5.74. The summed E-state index contributed by atoms with van der Waals surface area (Å²) in [6.07, 6.45) is 2.42. The van der Waals surface area contributed by atoms with Gasteiger partial charge < -0.3 is 14.8 Å². The summed E-state index contributed by atoms with van der Waals surface area (Å²) in [6, 6.07) is 12.3. The molecule has 6 nitrogen and oxygen atoms in total. The van der Waals surface area contributed by atoms with Crippen LogP contribution >= 0.6 is 0 Å². The summed E-state index contributed by atoms with van der Waals surface area (Å²) in [5, 5.41) is 0. The van der Waals surface area contributed by atoms with Gasteiger partial charge in [-0.1, -0.05) is 50.1 Å². The van der Waals surface area contributed by atoms with E-state index in [1.54, 1.807) is 29.0 Å². The Hall–Kier alpha value is -2.89. The fourth-order valence-electron chi connectivity index (χ4n) is 3.41. The summed E-state index contributed by atoms with van der Waals surface area (Å²) in [7, 11) is 1.75. The maximum absolute atomic E-state index is 13.0. The van der Waals surface area contributed by atoms with Crippen molar-refractivity contribution in [3.63, 3.8) is 0 Å². The smallest absolute Gasteiger partial charge is 0.261 e. The second-order valence-corrected chi connectivity index (χ2v) is 6.90. The van der Waals surface area contributed by atoms with Gasteiger partial charge in [-0.05, 0) is 24.1 Å². The van der Waals surface area contributed by atoms with Crippen molar-refractivity contribution in [3.8, 4) is 11.3 Å². The molecular formula is C21H25N3O3. The fraction of sp³-hybridized carbons (Fsp3) is 0.381. The molecule has 0 spiro atoms. The number of aromatic nitrogens is 1. The zero-order valence-electron chi connectivity index (χ0n) is 15.8. The van der Waals surface area contributed by atoms with E-state index in [4.69, 9.17) is 0 Å². The highest BCUT2D eigenvalue weighted by molar-refractivity contribution is 5.98. The molecule has 1 N–H and O–H groups in total. The third-order valence-corrected chi connectivity index (χ3v) is 5.03. The van der Waals surface area contributed by atoms with Crippen LogP contribution in [0, 0.1) is 0 Å². The average Bonchev–Trinajstić information content (AvgIpc) is 2.69. The van der Waals surface area contributed by atoms with Gasteiger partial charge in [0.25, 0.3) is 11.5 Å². The molecule has 1 fully saturated rings. The fourth-order valence-corrected chi connectivity index (χ4v) is 3.41. The Morgan fingerprint density at radius 1 is 1.11 bits per heavy atom. The van der Waals surface area contributed by atoms with Gasteiger partial charge in [-0.25, -0.2) is 0 Å². The van der Waals surface area contributed by atoms with Gasteiger partial charge in [-0.15, -0.1) is 0 Å². The van der Waals surface area contributed by atoms with Crippen molar-refractivity contribution in [2.75, 3.05) is 20.1 Å². The van der Waals surface area contributed by atoms with Crippen molar-refractivity contribution in [1.29, 1.82) is 0 Å². The number of pyridine rings is 1. The second kappa shape index (κ2) is 8.20. The molecule has 1 aromatic carbocycles. The average molecular weight is 367 g/mol. The first kappa shape index (κ1) is 18.9. The van der Waals surface area contributed by atoms with E-state index in [-0.39, 0.29) is 17.4 Å². The molecule has 2 amide bonds. The Bertz CT molecular complexity index is 876. The summed E-state index contributed by atoms with van der Waals surface area (Å²) in [5.41, 5.74) is 1.19. The van der Waals surface area contributed by atoms with Gasteiger partial charge in [0, 0.05) is 25.8 Å². The minimum atomic E-state index is -0.496. The lowest BCUT2D eigenvalue weighted by molar-refractivity contribution is -0.138. The monoisotopic (exact) mass is 367 g/mol. The van der Waals surface area contributed by atoms with Gasteiger partial charge >= 0.3 is 0 Å². The van der Waals surface area contributed by atoms with Gasteiger partial charge in [0.2, 0.25) is 5.91 Å². The van der Waals surface area contributed by atoms with Crippen molar-refractivity contribution in [2.24, 2.45) is 0 Å². The normalized spacial score (nSPS) is 17.3. The number of piperazine rings is 1. The highest BCUT2D eigenvalue weighted by atomic mass is 16.2. The molecule has 1 atom stereocenters. The number of H-pyrrole nitrogens is 1. The van der Waals surface area contributed by atoms with Gasteiger partial charge in [0.1, 0.15) is 11.6 Å². The molecular weight excluding hydrogens is 342 g/mol. The molecule has 0 aliphatic carbocycles. The molecule has 1 aliphatic heterocycles. The van der Waals surface area contributed by atoms with Crippen molar-refractivity contribution in [2.45, 2.75) is 32.2 Å². The van der Waals surface area contributed by atoms with Crippen LogP contribution < -0.4 is 5.56 Å². The molecule has 6 heteroatoms. The Balaban J connectivity index is 1.88. The summed E-state index contributed by atoms with van der Waals surface area (Å²) in [6.45, 7) is 2.97. The van der Waals surface area contributed by atoms with E-state index in [2.05, 4.69) is 11.9 Å². The van der Waals surface area contributed by atoms with Crippen LogP contribution in [0.1, 0.15) is 36.5 Å². The number of aromatic amines is 1. The molecule has 0 radical (unpaired) electrons. The van der Waals surface area contributed by atoms with Crippen molar-refractivity contribution in [1.82, 2.24) is 14.8 Å². The van der Waals surface area contributed by atoms with Crippen LogP contribution in [0.25, 0.3) is 11.3 Å². The third-order valence-electron chi connectivity index (χ3n) is 5.03. The van der Waals surface area contributed by atoms with Crippen molar-refractivity contribution in [3.05, 3.63) is 58.4 Å². The number of nitrogens with zero attached hydrogens (tertiary/aromatic N) is 2. The highest BCUT2D eigenvalue weighted by Crippen LogP contribution is 2.19. The largest absolute Gasteiger partial charge is 0.342 e. The minimum Gasteiger partial charge on any atom is -0.342 e. The standard InChI is InChI=1S/C21H25N3O3/c1-3-4-10-18-21(27)23(2)13-14-24(18)20(26)16-11-12-17(22-19(16)25)15-8-6-5-7-9-15/h5-9,11-12,18H,3-4,10,13-14H2,1-2H3,(H,22,25). The number of unbranched alkanes of at least 4 members (excludes halogenated alkanes) is 1. The number of carbonyl (C=O) groups is 2. The summed E-state index contributed by atoms with van der Waals surface area (Å²) < 4.78 is 0. The molecule has 3 rings (SSSR count). The van der Waals surface area contributed by atoms with E-state index in [1.165, 1.54) is 0 Å². The summed E-state index contributed by atoms with van der Waals surface area (Å²) in [4.78, 5) is 44.2. The van der Waals surface area contributed by atoms with Gasteiger partial charge in [-0.2, -0.15) is 0 Å². The van der Waals surface area contributed by atoms with Crippen LogP contribution in [0.5, 0.6) is 0 Å². The molecule has 1 unspecified atom stereocenters. The predicted molar refractivity (Wildman–Crippen MR) is 104 cm³/mol. The summed E-state index contributed by atoms with van der Waals surface area (Å²) in [5.74, 6) is -0.432. The molecule has 1 aromatic heterocycles. The number of nitrogens with one attached hydrogen (secondary N) is 1.